The average Bonchev–Trinajstić information content (AvgIpc) is 3.82. The van der Waals surface area contributed by atoms with Gasteiger partial charge in [0.1, 0.15) is 0 Å². The van der Waals surface area contributed by atoms with Crippen LogP contribution in [0.15, 0.2) is 72.3 Å². The number of nitrogens with zero attached hydrogens (tertiary/aromatic N) is 1. The molecule has 1 saturated heterocycles. The van der Waals surface area contributed by atoms with Crippen molar-refractivity contribution < 1.29 is 9.53 Å². The van der Waals surface area contributed by atoms with E-state index in [0.717, 1.165) is 61.9 Å². The molecule has 3 aliphatic rings. The number of ether oxygens (including phenoxy) is 1. The first kappa shape index (κ1) is 29.5. The molecule has 5 nitrogen and oxygen atoms in total. The highest BCUT2D eigenvalue weighted by Gasteiger charge is 2.44. The number of piperazine rings is 1. The van der Waals surface area contributed by atoms with Crippen LogP contribution in [0.4, 0.5) is 0 Å². The molecular weight excluding hydrogens is 589 g/mol. The predicted molar refractivity (Wildman–Crippen MR) is 171 cm³/mol. The monoisotopic (exact) mass is 623 g/mol. The smallest absolute Gasteiger partial charge is 0.251 e. The molecule has 1 saturated carbocycles. The molecule has 0 spiro atoms. The Bertz CT molecular complexity index is 1460. The van der Waals surface area contributed by atoms with Crippen molar-refractivity contribution in [3.63, 3.8) is 0 Å². The summed E-state index contributed by atoms with van der Waals surface area (Å²) in [4.78, 5) is 15.9. The predicted octanol–water partition coefficient (Wildman–Crippen LogP) is 7.24. The summed E-state index contributed by atoms with van der Waals surface area (Å²) < 4.78 is 5.89. The Labute approximate surface area is 263 Å². The van der Waals surface area contributed by atoms with E-state index >= 15 is 0 Å². The topological polar surface area (TPSA) is 53.6 Å². The molecule has 220 valence electrons. The summed E-state index contributed by atoms with van der Waals surface area (Å²) in [6, 6.07) is 20.6. The van der Waals surface area contributed by atoms with Crippen LogP contribution in [-0.2, 0) is 23.3 Å². The summed E-state index contributed by atoms with van der Waals surface area (Å²) in [5, 5.41) is 9.26. The number of amides is 1. The molecule has 2 N–H and O–H groups in total. The van der Waals surface area contributed by atoms with Crippen LogP contribution in [0, 0.1) is 6.92 Å². The Hall–Kier alpha value is -2.54. The zero-order valence-corrected chi connectivity index (χ0v) is 26.0. The normalized spacial score (nSPS) is 21.5. The number of aryl methyl sites for hydroxylation is 2. The van der Waals surface area contributed by atoms with Gasteiger partial charge in [0.05, 0.1) is 28.2 Å². The maximum Gasteiger partial charge on any atom is 0.251 e. The number of carbonyl (C=O) groups excluding carboxylic acids is 1. The van der Waals surface area contributed by atoms with Crippen LogP contribution in [-0.4, -0.2) is 42.6 Å². The number of halogens is 3. The first-order valence-corrected chi connectivity index (χ1v) is 15.9. The number of nitrogens with one attached hydrogen (secondary N) is 2. The Morgan fingerprint density at radius 1 is 1.02 bits per heavy atom. The van der Waals surface area contributed by atoms with Crippen LogP contribution >= 0.6 is 34.8 Å². The minimum atomic E-state index is -0.236. The molecule has 2 heterocycles. The Morgan fingerprint density at radius 2 is 1.76 bits per heavy atom. The lowest BCUT2D eigenvalue weighted by atomic mass is 9.78. The van der Waals surface area contributed by atoms with E-state index in [2.05, 4.69) is 41.0 Å². The highest BCUT2D eigenvalue weighted by molar-refractivity contribution is 6.37. The van der Waals surface area contributed by atoms with Crippen molar-refractivity contribution in [2.24, 2.45) is 0 Å². The summed E-state index contributed by atoms with van der Waals surface area (Å²) in [5.41, 5.74) is 5.12. The van der Waals surface area contributed by atoms with Gasteiger partial charge < -0.3 is 15.0 Å². The molecular formula is C34H36Cl3N3O2. The third kappa shape index (κ3) is 6.36. The third-order valence-electron chi connectivity index (χ3n) is 8.57. The van der Waals surface area contributed by atoms with Crippen LogP contribution in [0.5, 0.6) is 5.75 Å². The van der Waals surface area contributed by atoms with Gasteiger partial charge in [0.25, 0.3) is 5.91 Å². The van der Waals surface area contributed by atoms with E-state index in [1.807, 2.05) is 48.2 Å². The number of hydrogen-bond acceptors (Lipinski definition) is 4. The fourth-order valence-corrected chi connectivity index (χ4v) is 7.05. The Morgan fingerprint density at radius 3 is 2.48 bits per heavy atom. The van der Waals surface area contributed by atoms with E-state index in [4.69, 9.17) is 39.5 Å². The minimum absolute atomic E-state index is 0.0373. The Balaban J connectivity index is 1.09. The van der Waals surface area contributed by atoms with Gasteiger partial charge in [0, 0.05) is 36.3 Å². The van der Waals surface area contributed by atoms with Crippen LogP contribution < -0.4 is 15.4 Å². The molecule has 3 aromatic carbocycles. The van der Waals surface area contributed by atoms with Crippen LogP contribution in [0.2, 0.25) is 15.1 Å². The summed E-state index contributed by atoms with van der Waals surface area (Å²) in [6.45, 7) is 4.59. The molecule has 2 unspecified atom stereocenters. The van der Waals surface area contributed by atoms with Gasteiger partial charge in [-0.2, -0.15) is 0 Å². The van der Waals surface area contributed by atoms with Crippen molar-refractivity contribution in [3.05, 3.63) is 110 Å². The van der Waals surface area contributed by atoms with E-state index < -0.39 is 0 Å². The van der Waals surface area contributed by atoms with Gasteiger partial charge in [-0.3, -0.25) is 10.1 Å². The largest absolute Gasteiger partial charge is 0.490 e. The highest BCUT2D eigenvalue weighted by atomic mass is 35.5. The van der Waals surface area contributed by atoms with Gasteiger partial charge in [-0.25, -0.2) is 0 Å². The molecule has 0 aromatic heterocycles. The van der Waals surface area contributed by atoms with E-state index in [0.29, 0.717) is 40.0 Å². The van der Waals surface area contributed by atoms with E-state index in [1.165, 1.54) is 11.1 Å². The Kier molecular flexibility index (Phi) is 8.85. The second-order valence-electron chi connectivity index (χ2n) is 11.7. The molecule has 2 atom stereocenters. The zero-order chi connectivity index (χ0) is 29.3. The fraction of sp³-hybridized carbons (Fsp3) is 0.382. The van der Waals surface area contributed by atoms with Crippen LogP contribution in [0.1, 0.15) is 47.9 Å². The fourth-order valence-electron chi connectivity index (χ4n) is 6.14. The van der Waals surface area contributed by atoms with Crippen LogP contribution in [0.3, 0.4) is 0 Å². The van der Waals surface area contributed by atoms with Crippen molar-refractivity contribution in [2.75, 3.05) is 19.7 Å². The quantitative estimate of drug-likeness (QED) is 0.234. The molecule has 6 rings (SSSR count). The van der Waals surface area contributed by atoms with Gasteiger partial charge in [-0.15, -0.1) is 0 Å². The van der Waals surface area contributed by atoms with E-state index in [1.54, 1.807) is 0 Å². The van der Waals surface area contributed by atoms with Crippen LogP contribution in [0.25, 0.3) is 0 Å². The van der Waals surface area contributed by atoms with Gasteiger partial charge in [-0.05, 0) is 79.5 Å². The highest BCUT2D eigenvalue weighted by Crippen LogP contribution is 2.37. The molecule has 0 radical (unpaired) electrons. The number of rotatable bonds is 10. The van der Waals surface area contributed by atoms with Crippen molar-refractivity contribution in [1.82, 2.24) is 15.5 Å². The van der Waals surface area contributed by atoms with Crippen molar-refractivity contribution >= 4 is 40.7 Å². The minimum Gasteiger partial charge on any atom is -0.490 e. The molecule has 2 fully saturated rings. The van der Waals surface area contributed by atoms with E-state index in [9.17, 15) is 4.79 Å². The average molecular weight is 625 g/mol. The summed E-state index contributed by atoms with van der Waals surface area (Å²) in [7, 11) is 0. The number of carbonyl (C=O) groups is 1. The SMILES string of the molecule is Cc1cc(Cl)c(OCCCc2ccc(C34CC=C(C(=O)N(Cc5ccccc5Cl)C5CC5)C(CNC3)N4)cc2)c(Cl)c1. The molecule has 3 aromatic rings. The first-order valence-electron chi connectivity index (χ1n) is 14.7. The molecule has 2 bridgehead atoms. The van der Waals surface area contributed by atoms with Crippen molar-refractivity contribution in [2.45, 2.75) is 63.2 Å². The number of fused-ring (bicyclic) bond motifs is 2. The zero-order valence-electron chi connectivity index (χ0n) is 23.8. The summed E-state index contributed by atoms with van der Waals surface area (Å²) >= 11 is 19.1. The molecule has 8 heteroatoms. The van der Waals surface area contributed by atoms with Gasteiger partial charge >= 0.3 is 0 Å². The summed E-state index contributed by atoms with van der Waals surface area (Å²) in [5.74, 6) is 0.675. The third-order valence-corrected chi connectivity index (χ3v) is 9.50. The molecule has 42 heavy (non-hydrogen) atoms. The van der Waals surface area contributed by atoms with Gasteiger partial charge in [-0.1, -0.05) is 83.3 Å². The lowest BCUT2D eigenvalue weighted by Gasteiger charge is -2.47. The lowest BCUT2D eigenvalue weighted by molar-refractivity contribution is -0.129. The maximum absolute atomic E-state index is 13.9. The first-order chi connectivity index (χ1) is 20.3. The van der Waals surface area contributed by atoms with Crippen molar-refractivity contribution in [3.8, 4) is 5.75 Å². The molecule has 2 aliphatic heterocycles. The van der Waals surface area contributed by atoms with Gasteiger partial charge in [0.2, 0.25) is 0 Å². The molecule has 1 aliphatic carbocycles. The lowest BCUT2D eigenvalue weighted by Crippen LogP contribution is -2.65. The standard InChI is InChI=1S/C34H36Cl3N3O2/c1-22-17-29(36)32(30(37)18-22)42-16-4-5-23-8-10-25(11-9-23)34-15-14-27(31(39-34)19-38-21-34)33(41)40(26-12-13-26)20-24-6-2-3-7-28(24)35/h2-3,6-11,14,17-18,26,31,38-39H,4-5,12-13,15-16,19-21H2,1H3. The number of hydrogen-bond donors (Lipinski definition) is 2. The van der Waals surface area contributed by atoms with Gasteiger partial charge in [0.15, 0.2) is 5.75 Å². The molecule has 1 amide bonds. The summed E-state index contributed by atoms with van der Waals surface area (Å²) in [6.07, 6.45) is 6.79. The van der Waals surface area contributed by atoms with Crippen molar-refractivity contribution in [1.29, 1.82) is 0 Å². The number of benzene rings is 3. The maximum atomic E-state index is 13.9. The second-order valence-corrected chi connectivity index (χ2v) is 13.0. The second kappa shape index (κ2) is 12.6. The van der Waals surface area contributed by atoms with E-state index in [-0.39, 0.29) is 17.5 Å².